The van der Waals surface area contributed by atoms with Crippen molar-refractivity contribution in [3.8, 4) is 22.6 Å². The number of rotatable bonds is 4. The number of amides is 2. The van der Waals surface area contributed by atoms with E-state index in [4.69, 9.17) is 4.98 Å². The highest BCUT2D eigenvalue weighted by Crippen LogP contribution is 2.37. The predicted molar refractivity (Wildman–Crippen MR) is 135 cm³/mol. The smallest absolute Gasteiger partial charge is 0.338 e. The molecule has 2 amide bonds. The van der Waals surface area contributed by atoms with Gasteiger partial charge in [0, 0.05) is 61.2 Å². The van der Waals surface area contributed by atoms with E-state index in [1.165, 1.54) is 25.4 Å². The summed E-state index contributed by atoms with van der Waals surface area (Å²) in [5.41, 5.74) is 2.09. The Labute approximate surface area is 216 Å². The van der Waals surface area contributed by atoms with Gasteiger partial charge in [-0.1, -0.05) is 30.3 Å². The van der Waals surface area contributed by atoms with Crippen molar-refractivity contribution in [1.29, 1.82) is 0 Å². The summed E-state index contributed by atoms with van der Waals surface area (Å²) in [6, 6.07) is 15.7. The quantitative estimate of drug-likeness (QED) is 0.393. The summed E-state index contributed by atoms with van der Waals surface area (Å²) in [5.74, 6) is -0.818. The van der Waals surface area contributed by atoms with Gasteiger partial charge in [-0.05, 0) is 35.9 Å². The van der Waals surface area contributed by atoms with Gasteiger partial charge in [0.25, 0.3) is 5.91 Å². The molecular formula is C28H22F3N5O2. The van der Waals surface area contributed by atoms with E-state index in [9.17, 15) is 22.8 Å². The van der Waals surface area contributed by atoms with Crippen LogP contribution >= 0.6 is 0 Å². The molecule has 0 bridgehead atoms. The molecule has 0 spiro atoms. The number of benzene rings is 2. The van der Waals surface area contributed by atoms with Gasteiger partial charge in [-0.2, -0.15) is 13.2 Å². The molecule has 10 heteroatoms. The molecule has 1 aliphatic heterocycles. The van der Waals surface area contributed by atoms with Crippen molar-refractivity contribution >= 4 is 17.5 Å². The average Bonchev–Trinajstić information content (AvgIpc) is 2.92. The van der Waals surface area contributed by atoms with Crippen LogP contribution in [-0.4, -0.2) is 38.2 Å². The van der Waals surface area contributed by atoms with Gasteiger partial charge >= 0.3 is 6.18 Å². The Morgan fingerprint density at radius 3 is 2.39 bits per heavy atom. The van der Waals surface area contributed by atoms with Crippen molar-refractivity contribution in [2.24, 2.45) is 0 Å². The van der Waals surface area contributed by atoms with Gasteiger partial charge < -0.3 is 10.2 Å². The van der Waals surface area contributed by atoms with E-state index < -0.39 is 17.6 Å². The van der Waals surface area contributed by atoms with Crippen molar-refractivity contribution in [2.75, 3.05) is 11.9 Å². The maximum Gasteiger partial charge on any atom is 0.417 e. The Hall–Kier alpha value is -4.60. The fraction of sp³-hybridized carbons (Fsp3) is 0.179. The van der Waals surface area contributed by atoms with Gasteiger partial charge in [-0.15, -0.1) is 0 Å². The van der Waals surface area contributed by atoms with Crippen LogP contribution in [0.3, 0.4) is 0 Å². The molecule has 0 aliphatic carbocycles. The second kappa shape index (κ2) is 10.0. The van der Waals surface area contributed by atoms with E-state index >= 15 is 0 Å². The molecule has 0 fully saturated rings. The summed E-state index contributed by atoms with van der Waals surface area (Å²) in [7, 11) is 0. The number of anilines is 1. The molecule has 2 aromatic heterocycles. The van der Waals surface area contributed by atoms with E-state index in [1.54, 1.807) is 11.0 Å². The van der Waals surface area contributed by atoms with Crippen molar-refractivity contribution in [2.45, 2.75) is 26.1 Å². The Kier molecular flexibility index (Phi) is 6.62. The van der Waals surface area contributed by atoms with Crippen LogP contribution in [0, 0.1) is 0 Å². The lowest BCUT2D eigenvalue weighted by Crippen LogP contribution is -2.34. The average molecular weight is 518 g/mol. The summed E-state index contributed by atoms with van der Waals surface area (Å²) < 4.78 is 41.1. The zero-order chi connectivity index (χ0) is 26.9. The number of aromatic nitrogens is 3. The standard InChI is InChI=1S/C28H22F3N5O2/c1-17(37)36-13-10-23-20(16-36)15-24(25(34-23)18-6-3-2-4-7-18)35-27(38)19-8-9-22(28(29,30)31)21(14-19)26-32-11-5-12-33-26/h2-9,11-12,14-15H,10,13,16H2,1H3,(H,35,38). The van der Waals surface area contributed by atoms with Crippen LogP contribution in [0.25, 0.3) is 22.6 Å². The molecule has 3 heterocycles. The zero-order valence-electron chi connectivity index (χ0n) is 20.3. The summed E-state index contributed by atoms with van der Waals surface area (Å²) >= 11 is 0. The van der Waals surface area contributed by atoms with Crippen LogP contribution in [0.5, 0.6) is 0 Å². The van der Waals surface area contributed by atoms with Crippen molar-refractivity contribution < 1.29 is 22.8 Å². The molecule has 0 saturated carbocycles. The second-order valence-electron chi connectivity index (χ2n) is 8.83. The number of nitrogens with zero attached hydrogens (tertiary/aromatic N) is 4. The summed E-state index contributed by atoms with van der Waals surface area (Å²) in [4.78, 5) is 39.7. The Bertz CT molecular complexity index is 1510. The number of hydrogen-bond acceptors (Lipinski definition) is 5. The molecule has 5 rings (SSSR count). The third-order valence-electron chi connectivity index (χ3n) is 6.31. The minimum absolute atomic E-state index is 0.00236. The van der Waals surface area contributed by atoms with Crippen molar-refractivity contribution in [3.63, 3.8) is 0 Å². The third-order valence-corrected chi connectivity index (χ3v) is 6.31. The number of nitrogens with one attached hydrogen (secondary N) is 1. The molecule has 1 aliphatic rings. The van der Waals surface area contributed by atoms with Gasteiger partial charge in [0.05, 0.1) is 16.9 Å². The molecule has 2 aromatic carbocycles. The van der Waals surface area contributed by atoms with E-state index in [0.717, 1.165) is 35.0 Å². The number of halogens is 3. The first-order chi connectivity index (χ1) is 18.2. The largest absolute Gasteiger partial charge is 0.417 e. The maximum absolute atomic E-state index is 13.7. The van der Waals surface area contributed by atoms with E-state index in [1.807, 2.05) is 30.3 Å². The molecule has 0 atom stereocenters. The monoisotopic (exact) mass is 517 g/mol. The SMILES string of the molecule is CC(=O)N1CCc2nc(-c3ccccc3)c(NC(=O)c3ccc(C(F)(F)F)c(-c4ncccn4)c3)cc2C1. The third kappa shape index (κ3) is 5.10. The molecule has 0 saturated heterocycles. The van der Waals surface area contributed by atoms with Gasteiger partial charge in [0.1, 0.15) is 0 Å². The molecule has 192 valence electrons. The van der Waals surface area contributed by atoms with Crippen molar-refractivity contribution in [1.82, 2.24) is 19.9 Å². The number of carbonyl (C=O) groups excluding carboxylic acids is 2. The lowest BCUT2D eigenvalue weighted by atomic mass is 10.00. The van der Waals surface area contributed by atoms with Crippen LogP contribution < -0.4 is 5.32 Å². The number of fused-ring (bicyclic) bond motifs is 1. The highest BCUT2D eigenvalue weighted by molar-refractivity contribution is 6.06. The summed E-state index contributed by atoms with van der Waals surface area (Å²) in [5, 5.41) is 2.83. The van der Waals surface area contributed by atoms with Gasteiger partial charge in [-0.25, -0.2) is 9.97 Å². The topological polar surface area (TPSA) is 88.1 Å². The predicted octanol–water partition coefficient (Wildman–Crippen LogP) is 5.38. The summed E-state index contributed by atoms with van der Waals surface area (Å²) in [6.07, 6.45) is -1.41. The first-order valence-corrected chi connectivity index (χ1v) is 11.8. The minimum atomic E-state index is -4.66. The molecule has 1 N–H and O–H groups in total. The van der Waals surface area contributed by atoms with Gasteiger partial charge in [0.15, 0.2) is 5.82 Å². The summed E-state index contributed by atoms with van der Waals surface area (Å²) in [6.45, 7) is 2.40. The number of alkyl halides is 3. The van der Waals surface area contributed by atoms with Crippen LogP contribution in [0.4, 0.5) is 18.9 Å². The van der Waals surface area contributed by atoms with Gasteiger partial charge in [0.2, 0.25) is 5.91 Å². The first-order valence-electron chi connectivity index (χ1n) is 11.8. The molecular weight excluding hydrogens is 495 g/mol. The Morgan fingerprint density at radius 1 is 0.974 bits per heavy atom. The fourth-order valence-corrected chi connectivity index (χ4v) is 4.40. The Morgan fingerprint density at radius 2 is 1.71 bits per heavy atom. The van der Waals surface area contributed by atoms with E-state index in [-0.39, 0.29) is 22.9 Å². The zero-order valence-corrected chi connectivity index (χ0v) is 20.3. The normalized spacial score (nSPS) is 13.1. The molecule has 0 unspecified atom stereocenters. The fourth-order valence-electron chi connectivity index (χ4n) is 4.40. The highest BCUT2D eigenvalue weighted by atomic mass is 19.4. The molecule has 0 radical (unpaired) electrons. The maximum atomic E-state index is 13.7. The molecule has 4 aromatic rings. The lowest BCUT2D eigenvalue weighted by Gasteiger charge is -2.28. The number of pyridine rings is 1. The minimum Gasteiger partial charge on any atom is -0.338 e. The van der Waals surface area contributed by atoms with E-state index in [2.05, 4.69) is 15.3 Å². The lowest BCUT2D eigenvalue weighted by molar-refractivity contribution is -0.137. The first kappa shape index (κ1) is 25.1. The molecule has 7 nitrogen and oxygen atoms in total. The van der Waals surface area contributed by atoms with Crippen LogP contribution in [0.2, 0.25) is 0 Å². The van der Waals surface area contributed by atoms with Crippen molar-refractivity contribution in [3.05, 3.63) is 95.4 Å². The number of carbonyl (C=O) groups is 2. The molecule has 38 heavy (non-hydrogen) atoms. The van der Waals surface area contributed by atoms with Crippen LogP contribution in [0.15, 0.2) is 73.1 Å². The van der Waals surface area contributed by atoms with Crippen LogP contribution in [-0.2, 0) is 23.9 Å². The highest BCUT2D eigenvalue weighted by Gasteiger charge is 2.35. The van der Waals surface area contributed by atoms with Gasteiger partial charge in [-0.3, -0.25) is 14.6 Å². The van der Waals surface area contributed by atoms with Crippen LogP contribution in [0.1, 0.15) is 34.1 Å². The number of hydrogen-bond donors (Lipinski definition) is 1. The Balaban J connectivity index is 1.55. The van der Waals surface area contributed by atoms with E-state index in [0.29, 0.717) is 30.9 Å². The second-order valence-corrected chi connectivity index (χ2v) is 8.83.